The van der Waals surface area contributed by atoms with Crippen molar-refractivity contribution in [3.05, 3.63) is 41.1 Å². The number of carbonyl (C=O) groups is 1. The van der Waals surface area contributed by atoms with Crippen molar-refractivity contribution in [3.8, 4) is 0 Å². The summed E-state index contributed by atoms with van der Waals surface area (Å²) in [5.41, 5.74) is -0.766. The van der Waals surface area contributed by atoms with E-state index in [1.54, 1.807) is 0 Å². The lowest BCUT2D eigenvalue weighted by Crippen LogP contribution is -2.15. The van der Waals surface area contributed by atoms with Crippen LogP contribution in [-0.4, -0.2) is 29.0 Å². The average molecular weight is 334 g/mol. The zero-order valence-corrected chi connectivity index (χ0v) is 12.1. The third-order valence-corrected chi connectivity index (χ3v) is 4.41. The Kier molecular flexibility index (Phi) is 3.88. The lowest BCUT2D eigenvalue weighted by molar-refractivity contribution is 0.0692. The normalized spacial score (nSPS) is 11.4. The molecule has 0 amide bonds. The fourth-order valence-corrected chi connectivity index (χ4v) is 3.01. The summed E-state index contributed by atoms with van der Waals surface area (Å²) in [7, 11) is -2.60. The van der Waals surface area contributed by atoms with Crippen LogP contribution in [0.4, 0.5) is 10.1 Å². The van der Waals surface area contributed by atoms with Crippen molar-refractivity contribution in [1.82, 2.24) is 9.55 Å². The monoisotopic (exact) mass is 333 g/mol. The Morgan fingerprint density at radius 1 is 1.48 bits per heavy atom. The quantitative estimate of drug-likeness (QED) is 0.887. The number of anilines is 1. The van der Waals surface area contributed by atoms with Crippen LogP contribution in [0.5, 0.6) is 0 Å². The molecule has 2 rings (SSSR count). The van der Waals surface area contributed by atoms with Gasteiger partial charge in [-0.25, -0.2) is 14.2 Å². The molecule has 0 fully saturated rings. The van der Waals surface area contributed by atoms with Crippen molar-refractivity contribution in [2.45, 2.75) is 5.03 Å². The highest BCUT2D eigenvalue weighted by Gasteiger charge is 2.23. The van der Waals surface area contributed by atoms with Crippen LogP contribution in [0.2, 0.25) is 5.15 Å². The first kappa shape index (κ1) is 15.3. The summed E-state index contributed by atoms with van der Waals surface area (Å²) in [5.74, 6) is -2.48. The molecule has 112 valence electrons. The molecular formula is C11H9ClFN3O4S. The zero-order chi connectivity index (χ0) is 15.8. The summed E-state index contributed by atoms with van der Waals surface area (Å²) in [6.45, 7) is 0. The van der Waals surface area contributed by atoms with E-state index in [1.807, 2.05) is 0 Å². The average Bonchev–Trinajstić information content (AvgIpc) is 2.72. The Morgan fingerprint density at radius 2 is 2.14 bits per heavy atom. The first-order chi connectivity index (χ1) is 9.72. The first-order valence-corrected chi connectivity index (χ1v) is 7.31. The standard InChI is InChI=1S/C11H9ClFN3O4S/c1-16-5-14-10(9(16)12)21(19,20)15-6-2-3-8(13)7(4-6)11(17)18/h2-5,15H,1H3,(H,17,18). The second-order valence-corrected chi connectivity index (χ2v) is 6.01. The molecule has 10 heteroatoms. The van der Waals surface area contributed by atoms with Gasteiger partial charge >= 0.3 is 5.97 Å². The smallest absolute Gasteiger partial charge is 0.338 e. The van der Waals surface area contributed by atoms with Gasteiger partial charge in [-0.3, -0.25) is 4.72 Å². The molecule has 0 aliphatic heterocycles. The van der Waals surface area contributed by atoms with E-state index in [0.29, 0.717) is 0 Å². The van der Waals surface area contributed by atoms with Crippen LogP contribution in [0.15, 0.2) is 29.6 Å². The predicted octanol–water partition coefficient (Wildman–Crippen LogP) is 1.71. The molecule has 2 N–H and O–H groups in total. The van der Waals surface area contributed by atoms with Crippen LogP contribution >= 0.6 is 11.6 Å². The minimum absolute atomic E-state index is 0.108. The molecule has 0 saturated carbocycles. The summed E-state index contributed by atoms with van der Waals surface area (Å²) in [6, 6.07) is 2.81. The molecule has 0 bridgehead atoms. The number of hydrogen-bond donors (Lipinski definition) is 2. The number of carboxylic acid groups (broad SMARTS) is 1. The zero-order valence-electron chi connectivity index (χ0n) is 10.5. The van der Waals surface area contributed by atoms with Crippen molar-refractivity contribution < 1.29 is 22.7 Å². The molecule has 0 radical (unpaired) electrons. The van der Waals surface area contributed by atoms with E-state index in [4.69, 9.17) is 16.7 Å². The number of aromatic nitrogens is 2. The number of imidazole rings is 1. The molecule has 0 spiro atoms. The molecule has 21 heavy (non-hydrogen) atoms. The molecule has 0 atom stereocenters. The van der Waals surface area contributed by atoms with Crippen molar-refractivity contribution in [1.29, 1.82) is 0 Å². The van der Waals surface area contributed by atoms with Gasteiger partial charge in [-0.2, -0.15) is 8.42 Å². The number of carboxylic acids is 1. The Balaban J connectivity index is 2.40. The van der Waals surface area contributed by atoms with Crippen LogP contribution in [0, 0.1) is 5.82 Å². The minimum atomic E-state index is -4.11. The summed E-state index contributed by atoms with van der Waals surface area (Å²) >= 11 is 5.79. The van der Waals surface area contributed by atoms with Gasteiger partial charge < -0.3 is 9.67 Å². The van der Waals surface area contributed by atoms with E-state index in [-0.39, 0.29) is 10.8 Å². The number of aromatic carboxylic acids is 1. The molecule has 1 aromatic heterocycles. The number of nitrogens with zero attached hydrogens (tertiary/aromatic N) is 2. The Hall–Kier alpha value is -2.13. The maximum Gasteiger partial charge on any atom is 0.338 e. The van der Waals surface area contributed by atoms with E-state index >= 15 is 0 Å². The van der Waals surface area contributed by atoms with E-state index < -0.39 is 32.4 Å². The van der Waals surface area contributed by atoms with E-state index in [9.17, 15) is 17.6 Å². The highest BCUT2D eigenvalue weighted by atomic mass is 35.5. The molecule has 2 aromatic rings. The molecule has 0 saturated heterocycles. The molecule has 1 heterocycles. The summed E-state index contributed by atoms with van der Waals surface area (Å²) in [5, 5.41) is 8.28. The summed E-state index contributed by atoms with van der Waals surface area (Å²) in [4.78, 5) is 14.5. The third-order valence-electron chi connectivity index (χ3n) is 2.54. The van der Waals surface area contributed by atoms with Gasteiger partial charge in [0, 0.05) is 12.7 Å². The van der Waals surface area contributed by atoms with E-state index in [2.05, 4.69) is 9.71 Å². The number of halogens is 2. The fourth-order valence-electron chi connectivity index (χ4n) is 1.53. The van der Waals surface area contributed by atoms with Gasteiger partial charge in [-0.05, 0) is 18.2 Å². The molecule has 0 unspecified atom stereocenters. The lowest BCUT2D eigenvalue weighted by Gasteiger charge is -2.07. The fraction of sp³-hybridized carbons (Fsp3) is 0.0909. The Labute approximate surface area is 124 Å². The highest BCUT2D eigenvalue weighted by Crippen LogP contribution is 2.23. The number of aryl methyl sites for hydroxylation is 1. The van der Waals surface area contributed by atoms with Gasteiger partial charge in [-0.1, -0.05) is 11.6 Å². The first-order valence-electron chi connectivity index (χ1n) is 5.45. The highest BCUT2D eigenvalue weighted by molar-refractivity contribution is 7.92. The lowest BCUT2D eigenvalue weighted by atomic mass is 10.2. The van der Waals surface area contributed by atoms with E-state index in [1.165, 1.54) is 17.9 Å². The predicted molar refractivity (Wildman–Crippen MR) is 72.4 cm³/mol. The number of sulfonamides is 1. The van der Waals surface area contributed by atoms with Crippen molar-refractivity contribution in [2.75, 3.05) is 4.72 Å². The molecule has 0 aliphatic rings. The molecule has 0 aliphatic carbocycles. The molecule has 7 nitrogen and oxygen atoms in total. The Bertz CT molecular complexity index is 819. The van der Waals surface area contributed by atoms with Gasteiger partial charge in [-0.15, -0.1) is 0 Å². The van der Waals surface area contributed by atoms with Crippen molar-refractivity contribution >= 4 is 33.3 Å². The number of nitrogens with one attached hydrogen (secondary N) is 1. The molecular weight excluding hydrogens is 325 g/mol. The minimum Gasteiger partial charge on any atom is -0.478 e. The van der Waals surface area contributed by atoms with Gasteiger partial charge in [0.1, 0.15) is 11.0 Å². The van der Waals surface area contributed by atoms with Gasteiger partial charge in [0.2, 0.25) is 5.03 Å². The van der Waals surface area contributed by atoms with Gasteiger partial charge in [0.05, 0.1) is 11.9 Å². The van der Waals surface area contributed by atoms with Gasteiger partial charge in [0.15, 0.2) is 0 Å². The maximum atomic E-state index is 13.2. The van der Waals surface area contributed by atoms with E-state index in [0.717, 1.165) is 18.2 Å². The van der Waals surface area contributed by atoms with Crippen LogP contribution < -0.4 is 4.72 Å². The van der Waals surface area contributed by atoms with Crippen molar-refractivity contribution in [2.24, 2.45) is 7.05 Å². The third kappa shape index (κ3) is 2.98. The second kappa shape index (κ2) is 5.34. The summed E-state index contributed by atoms with van der Waals surface area (Å²) < 4.78 is 40.8. The van der Waals surface area contributed by atoms with Gasteiger partial charge in [0.25, 0.3) is 10.0 Å². The van der Waals surface area contributed by atoms with Crippen LogP contribution in [0.25, 0.3) is 0 Å². The SMILES string of the molecule is Cn1cnc(S(=O)(=O)Nc2ccc(F)c(C(=O)O)c2)c1Cl. The van der Waals surface area contributed by atoms with Crippen molar-refractivity contribution in [3.63, 3.8) is 0 Å². The second-order valence-electron chi connectivity index (χ2n) is 4.06. The number of hydrogen-bond acceptors (Lipinski definition) is 4. The Morgan fingerprint density at radius 3 is 2.67 bits per heavy atom. The number of benzene rings is 1. The van der Waals surface area contributed by atoms with Crippen LogP contribution in [0.3, 0.4) is 0 Å². The molecule has 1 aromatic carbocycles. The number of rotatable bonds is 4. The maximum absolute atomic E-state index is 13.2. The largest absolute Gasteiger partial charge is 0.478 e. The summed E-state index contributed by atoms with van der Waals surface area (Å²) in [6.07, 6.45) is 1.21. The topological polar surface area (TPSA) is 101 Å². The van der Waals surface area contributed by atoms with Crippen LogP contribution in [-0.2, 0) is 17.1 Å². The van der Waals surface area contributed by atoms with Crippen LogP contribution in [0.1, 0.15) is 10.4 Å².